The van der Waals surface area contributed by atoms with Crippen LogP contribution < -0.4 is 5.19 Å². The first-order chi connectivity index (χ1) is 6.23. The molecule has 0 amide bonds. The summed E-state index contributed by atoms with van der Waals surface area (Å²) in [5.74, 6) is 0. The fourth-order valence-corrected chi connectivity index (χ4v) is 2.75. The smallest absolute Gasteiger partial charge is 0.252 e. The topological polar surface area (TPSA) is 12.9 Å². The molecule has 0 radical (unpaired) electrons. The van der Waals surface area contributed by atoms with Crippen molar-refractivity contribution < 1.29 is 13.2 Å². The van der Waals surface area contributed by atoms with Crippen LogP contribution in [-0.4, -0.2) is 13.1 Å². The van der Waals surface area contributed by atoms with E-state index < -0.39 is 19.9 Å². The van der Waals surface area contributed by atoms with E-state index in [0.29, 0.717) is 5.19 Å². The van der Waals surface area contributed by atoms with Crippen LogP contribution in [0.4, 0.5) is 13.2 Å². The molecule has 0 aliphatic carbocycles. The molecule has 0 unspecified atom stereocenters. The first-order valence-electron chi connectivity index (χ1n) is 4.25. The van der Waals surface area contributed by atoms with Crippen molar-refractivity contribution >= 4 is 13.3 Å². The van der Waals surface area contributed by atoms with Crippen LogP contribution in [0.1, 0.15) is 5.69 Å². The van der Waals surface area contributed by atoms with Crippen LogP contribution in [0.25, 0.3) is 0 Å². The molecule has 1 aromatic heterocycles. The van der Waals surface area contributed by atoms with E-state index in [-0.39, 0.29) is 0 Å². The standard InChI is InChI=1S/C9H12F3NSi/c1-14(2,3)7-5-4-6-13-8(7)9(10,11)12/h4-6H,1-3H3. The Hall–Kier alpha value is -0.843. The average molecular weight is 219 g/mol. The molecule has 0 N–H and O–H groups in total. The van der Waals surface area contributed by atoms with Gasteiger partial charge in [-0.25, -0.2) is 0 Å². The Balaban J connectivity index is 3.31. The minimum absolute atomic E-state index is 0.368. The number of aromatic nitrogens is 1. The van der Waals surface area contributed by atoms with E-state index in [2.05, 4.69) is 4.98 Å². The van der Waals surface area contributed by atoms with Gasteiger partial charge in [-0.3, -0.25) is 4.98 Å². The lowest BCUT2D eigenvalue weighted by atomic mass is 10.3. The second-order valence-electron chi connectivity index (χ2n) is 4.15. The molecule has 0 saturated carbocycles. The zero-order valence-electron chi connectivity index (χ0n) is 8.31. The quantitative estimate of drug-likeness (QED) is 0.662. The lowest BCUT2D eigenvalue weighted by Crippen LogP contribution is -2.42. The normalized spacial score (nSPS) is 13.0. The van der Waals surface area contributed by atoms with E-state index in [1.807, 2.05) is 19.6 Å². The SMILES string of the molecule is C[Si](C)(C)c1cccnc1C(F)(F)F. The number of hydrogen-bond donors (Lipinski definition) is 0. The Morgan fingerprint density at radius 3 is 2.14 bits per heavy atom. The van der Waals surface area contributed by atoms with Crippen molar-refractivity contribution in [2.75, 3.05) is 0 Å². The molecule has 0 atom stereocenters. The molecule has 14 heavy (non-hydrogen) atoms. The summed E-state index contributed by atoms with van der Waals surface area (Å²) in [6, 6.07) is 3.09. The number of halogens is 3. The van der Waals surface area contributed by atoms with E-state index >= 15 is 0 Å². The van der Waals surface area contributed by atoms with Crippen molar-refractivity contribution in [3.63, 3.8) is 0 Å². The molecule has 0 spiro atoms. The van der Waals surface area contributed by atoms with Crippen LogP contribution in [0.3, 0.4) is 0 Å². The van der Waals surface area contributed by atoms with Gasteiger partial charge in [-0.1, -0.05) is 25.7 Å². The Morgan fingerprint density at radius 1 is 1.21 bits per heavy atom. The predicted octanol–water partition coefficient (Wildman–Crippen LogP) is 2.65. The van der Waals surface area contributed by atoms with Crippen molar-refractivity contribution in [1.29, 1.82) is 0 Å². The van der Waals surface area contributed by atoms with Gasteiger partial charge in [0.05, 0.1) is 8.07 Å². The minimum Gasteiger partial charge on any atom is -0.252 e. The Labute approximate surface area is 82.0 Å². The highest BCUT2D eigenvalue weighted by molar-refractivity contribution is 6.89. The van der Waals surface area contributed by atoms with Gasteiger partial charge in [0.2, 0.25) is 0 Å². The Kier molecular flexibility index (Phi) is 2.71. The molecule has 0 aromatic carbocycles. The average Bonchev–Trinajstić information content (AvgIpc) is 2.01. The zero-order valence-corrected chi connectivity index (χ0v) is 9.31. The summed E-state index contributed by atoms with van der Waals surface area (Å²) in [7, 11) is -1.97. The van der Waals surface area contributed by atoms with Crippen LogP contribution in [0.5, 0.6) is 0 Å². The molecule has 0 aliphatic rings. The molecule has 78 valence electrons. The van der Waals surface area contributed by atoms with Crippen LogP contribution in [0.2, 0.25) is 19.6 Å². The summed E-state index contributed by atoms with van der Waals surface area (Å²) in [5, 5.41) is 0.368. The predicted molar refractivity (Wildman–Crippen MR) is 52.2 cm³/mol. The highest BCUT2D eigenvalue weighted by Gasteiger charge is 2.38. The van der Waals surface area contributed by atoms with Gasteiger partial charge in [0.25, 0.3) is 0 Å². The molecule has 1 rings (SSSR count). The highest BCUT2D eigenvalue weighted by atomic mass is 28.3. The molecule has 1 heterocycles. The van der Waals surface area contributed by atoms with E-state index in [1.165, 1.54) is 12.3 Å². The highest BCUT2D eigenvalue weighted by Crippen LogP contribution is 2.27. The number of nitrogens with zero attached hydrogens (tertiary/aromatic N) is 1. The zero-order chi connectivity index (χ0) is 11.0. The second-order valence-corrected chi connectivity index (χ2v) is 9.19. The maximum absolute atomic E-state index is 12.5. The second kappa shape index (κ2) is 3.38. The van der Waals surface area contributed by atoms with E-state index in [4.69, 9.17) is 0 Å². The van der Waals surface area contributed by atoms with Gasteiger partial charge in [0.1, 0.15) is 5.69 Å². The van der Waals surface area contributed by atoms with Crippen LogP contribution in [-0.2, 0) is 6.18 Å². The summed E-state index contributed by atoms with van der Waals surface area (Å²) >= 11 is 0. The van der Waals surface area contributed by atoms with Crippen molar-refractivity contribution in [3.8, 4) is 0 Å². The largest absolute Gasteiger partial charge is 0.433 e. The van der Waals surface area contributed by atoms with E-state index in [0.717, 1.165) is 0 Å². The Morgan fingerprint density at radius 2 is 1.79 bits per heavy atom. The molecular formula is C9H12F3NSi. The molecule has 5 heteroatoms. The van der Waals surface area contributed by atoms with Crippen LogP contribution in [0, 0.1) is 0 Å². The minimum atomic E-state index is -4.34. The summed E-state index contributed by atoms with van der Waals surface area (Å²) in [6.45, 7) is 5.62. The molecule has 1 nitrogen and oxygen atoms in total. The van der Waals surface area contributed by atoms with Gasteiger partial charge in [-0.15, -0.1) is 0 Å². The third-order valence-corrected chi connectivity index (χ3v) is 3.90. The van der Waals surface area contributed by atoms with Crippen molar-refractivity contribution in [2.45, 2.75) is 25.8 Å². The van der Waals surface area contributed by atoms with E-state index in [1.54, 1.807) is 6.07 Å². The van der Waals surface area contributed by atoms with E-state index in [9.17, 15) is 13.2 Å². The third kappa shape index (κ3) is 2.34. The van der Waals surface area contributed by atoms with Crippen LogP contribution in [0.15, 0.2) is 18.3 Å². The van der Waals surface area contributed by atoms with Gasteiger partial charge in [-0.2, -0.15) is 13.2 Å². The number of pyridine rings is 1. The van der Waals surface area contributed by atoms with Crippen molar-refractivity contribution in [2.24, 2.45) is 0 Å². The number of rotatable bonds is 1. The molecule has 0 aliphatic heterocycles. The third-order valence-electron chi connectivity index (χ3n) is 1.88. The van der Waals surface area contributed by atoms with Crippen molar-refractivity contribution in [3.05, 3.63) is 24.0 Å². The van der Waals surface area contributed by atoms with Gasteiger partial charge in [-0.05, 0) is 11.3 Å². The lowest BCUT2D eigenvalue weighted by molar-refractivity contribution is -0.140. The fraction of sp³-hybridized carbons (Fsp3) is 0.444. The first kappa shape index (κ1) is 11.2. The molecule has 0 bridgehead atoms. The Bertz CT molecular complexity index is 295. The summed E-state index contributed by atoms with van der Waals surface area (Å²) in [5.41, 5.74) is -0.723. The summed E-state index contributed by atoms with van der Waals surface area (Å²) < 4.78 is 37.6. The van der Waals surface area contributed by atoms with Gasteiger partial charge < -0.3 is 0 Å². The monoisotopic (exact) mass is 219 g/mol. The lowest BCUT2D eigenvalue weighted by Gasteiger charge is -2.20. The fourth-order valence-electron chi connectivity index (χ4n) is 1.24. The molecule has 0 saturated heterocycles. The summed E-state index contributed by atoms with van der Waals surface area (Å²) in [4.78, 5) is 3.43. The summed E-state index contributed by atoms with van der Waals surface area (Å²) in [6.07, 6.45) is -3.15. The first-order valence-corrected chi connectivity index (χ1v) is 7.75. The van der Waals surface area contributed by atoms with Gasteiger partial charge in [0.15, 0.2) is 0 Å². The van der Waals surface area contributed by atoms with Crippen LogP contribution >= 0.6 is 0 Å². The van der Waals surface area contributed by atoms with Crippen molar-refractivity contribution in [1.82, 2.24) is 4.98 Å². The molecule has 1 aromatic rings. The molecule has 0 fully saturated rings. The number of hydrogen-bond acceptors (Lipinski definition) is 1. The number of alkyl halides is 3. The van der Waals surface area contributed by atoms with Gasteiger partial charge >= 0.3 is 6.18 Å². The van der Waals surface area contributed by atoms with Gasteiger partial charge in [0, 0.05) is 6.20 Å². The maximum Gasteiger partial charge on any atom is 0.433 e. The molecular weight excluding hydrogens is 207 g/mol. The maximum atomic E-state index is 12.5.